The topological polar surface area (TPSA) is 15.6 Å². The van der Waals surface area contributed by atoms with E-state index >= 15 is 0 Å². The number of hydrogen-bond acceptors (Lipinski definition) is 2. The van der Waals surface area contributed by atoms with Crippen molar-refractivity contribution in [1.29, 1.82) is 0 Å². The Morgan fingerprint density at radius 2 is 1.55 bits per heavy atom. The number of aliphatic imine (C=N–C) groups is 1. The van der Waals surface area contributed by atoms with Crippen molar-refractivity contribution in [1.82, 2.24) is 4.90 Å². The standard InChI is InChI=1S/C11H12N2.6FH.Sb/c1-2-4-11(5-3-1)10-13-8-6-12-7-9-13;;;;;;;/h1-8H,9-10H2;6*1H;/q;;;;;;;+5/p-6. The summed E-state index contributed by atoms with van der Waals surface area (Å²) in [6.45, 7) is 1.87. The van der Waals surface area contributed by atoms with Gasteiger partial charge < -0.3 is 4.90 Å². The van der Waals surface area contributed by atoms with Gasteiger partial charge in [0.05, 0.1) is 6.54 Å². The maximum atomic E-state index is 9.93. The van der Waals surface area contributed by atoms with Gasteiger partial charge in [0, 0.05) is 25.2 Å². The van der Waals surface area contributed by atoms with Crippen LogP contribution in [-0.4, -0.2) is 37.1 Å². The predicted molar refractivity (Wildman–Crippen MR) is 66.9 cm³/mol. The first-order valence-corrected chi connectivity index (χ1v) is 11.2. The first kappa shape index (κ1) is 16.9. The maximum absolute atomic E-state index is 11.2. The molecule has 114 valence electrons. The van der Waals surface area contributed by atoms with Gasteiger partial charge >= 0.3 is 36.4 Å². The van der Waals surface area contributed by atoms with Crippen LogP contribution in [0.4, 0.5) is 16.9 Å². The average Bonchev–Trinajstić information content (AvgIpc) is 2.27. The molecule has 0 N–H and O–H groups in total. The number of hydrogen-bond donors (Lipinski definition) is 0. The van der Waals surface area contributed by atoms with Crippen LogP contribution in [0.3, 0.4) is 0 Å². The van der Waals surface area contributed by atoms with Crippen molar-refractivity contribution in [2.75, 3.05) is 6.54 Å². The summed E-state index contributed by atoms with van der Waals surface area (Å²) >= 11 is -11.2. The van der Waals surface area contributed by atoms with Crippen LogP contribution >= 0.6 is 0 Å². The fourth-order valence-electron chi connectivity index (χ4n) is 1.34. The third-order valence-corrected chi connectivity index (χ3v) is 2.01. The Hall–Kier alpha value is -1.17. The van der Waals surface area contributed by atoms with Crippen LogP contribution in [-0.2, 0) is 6.54 Å². The number of halogens is 6. The normalized spacial score (nSPS) is 17.8. The summed E-state index contributed by atoms with van der Waals surface area (Å²) in [5.74, 6) is 0. The van der Waals surface area contributed by atoms with Crippen molar-refractivity contribution in [3.8, 4) is 0 Å². The molecular weight excluding hydrogens is 396 g/mol. The Balaban J connectivity index is 0.000000246. The van der Waals surface area contributed by atoms with Crippen LogP contribution in [0.1, 0.15) is 5.56 Å². The van der Waals surface area contributed by atoms with Gasteiger partial charge in [0.2, 0.25) is 0 Å². The van der Waals surface area contributed by atoms with Gasteiger partial charge in [-0.05, 0) is 5.56 Å². The fraction of sp³-hybridized carbons (Fsp3) is 0.182. The molecule has 0 aliphatic carbocycles. The molecule has 2 rings (SSSR count). The van der Waals surface area contributed by atoms with Gasteiger partial charge in [0.25, 0.3) is 0 Å². The molecule has 9 heteroatoms. The summed E-state index contributed by atoms with van der Waals surface area (Å²) < 4.78 is 59.6. The van der Waals surface area contributed by atoms with Crippen LogP contribution in [0.2, 0.25) is 0 Å². The monoisotopic (exact) mass is 407 g/mol. The molecule has 0 atom stereocenters. The molecular formula is C11H12F6N2Sb-. The zero-order valence-electron chi connectivity index (χ0n) is 10.1. The first-order valence-electron chi connectivity index (χ1n) is 5.43. The fourth-order valence-corrected chi connectivity index (χ4v) is 1.34. The molecule has 0 spiro atoms. The molecule has 2 nitrogen and oxygen atoms in total. The quantitative estimate of drug-likeness (QED) is 0.530. The Bertz CT molecular complexity index is 482. The number of benzene rings is 1. The minimum atomic E-state index is -11.2. The summed E-state index contributed by atoms with van der Waals surface area (Å²) in [6, 6.07) is 10.4. The van der Waals surface area contributed by atoms with Crippen molar-refractivity contribution < 1.29 is 16.9 Å². The first-order chi connectivity index (χ1) is 8.90. The van der Waals surface area contributed by atoms with E-state index in [2.05, 4.69) is 34.2 Å². The third-order valence-electron chi connectivity index (χ3n) is 2.01. The van der Waals surface area contributed by atoms with Crippen LogP contribution in [0.25, 0.3) is 0 Å². The molecule has 0 aromatic heterocycles. The second-order valence-electron chi connectivity index (χ2n) is 4.00. The Morgan fingerprint density at radius 3 is 2.00 bits per heavy atom. The van der Waals surface area contributed by atoms with Crippen molar-refractivity contribution in [3.63, 3.8) is 0 Å². The molecule has 0 saturated heterocycles. The van der Waals surface area contributed by atoms with E-state index in [1.807, 2.05) is 24.7 Å². The SMILES string of the molecule is C1=CN(Cc2ccccc2)CC=N1.[F][Sb-]([F])([F])([F])([F])[F]. The van der Waals surface area contributed by atoms with Gasteiger partial charge in [-0.3, -0.25) is 4.99 Å². The summed E-state index contributed by atoms with van der Waals surface area (Å²) in [5, 5.41) is 0. The molecule has 0 saturated carbocycles. The zero-order chi connectivity index (χ0) is 15.3. The molecule has 20 heavy (non-hydrogen) atoms. The van der Waals surface area contributed by atoms with E-state index < -0.39 is 19.5 Å². The number of nitrogens with zero attached hydrogens (tertiary/aromatic N) is 2. The molecule has 0 fully saturated rings. The molecule has 0 amide bonds. The Morgan fingerprint density at radius 1 is 1.00 bits per heavy atom. The Labute approximate surface area is 114 Å². The molecule has 1 aliphatic heterocycles. The van der Waals surface area contributed by atoms with Gasteiger partial charge in [-0.25, -0.2) is 0 Å². The summed E-state index contributed by atoms with van der Waals surface area (Å²) in [6.07, 6.45) is 5.77. The molecule has 1 aliphatic rings. The molecule has 1 aromatic rings. The van der Waals surface area contributed by atoms with Crippen molar-refractivity contribution in [2.24, 2.45) is 4.99 Å². The van der Waals surface area contributed by atoms with E-state index in [0.29, 0.717) is 0 Å². The van der Waals surface area contributed by atoms with Gasteiger partial charge in [-0.1, -0.05) is 30.3 Å². The van der Waals surface area contributed by atoms with Gasteiger partial charge in [-0.2, -0.15) is 0 Å². The Kier molecular flexibility index (Phi) is 4.48. The van der Waals surface area contributed by atoms with Crippen molar-refractivity contribution in [2.45, 2.75) is 6.54 Å². The van der Waals surface area contributed by atoms with Gasteiger partial charge in [-0.15, -0.1) is 0 Å². The van der Waals surface area contributed by atoms with E-state index in [1.165, 1.54) is 5.56 Å². The molecule has 0 unspecified atom stereocenters. The third kappa shape index (κ3) is 11.9. The summed E-state index contributed by atoms with van der Waals surface area (Å²) in [4.78, 5) is 6.25. The van der Waals surface area contributed by atoms with E-state index in [0.717, 1.165) is 13.1 Å². The molecule has 1 aromatic carbocycles. The van der Waals surface area contributed by atoms with Gasteiger partial charge in [0.1, 0.15) is 0 Å². The summed E-state index contributed by atoms with van der Waals surface area (Å²) in [5.41, 5.74) is 1.34. The van der Waals surface area contributed by atoms with E-state index in [9.17, 15) is 16.9 Å². The van der Waals surface area contributed by atoms with E-state index in [-0.39, 0.29) is 0 Å². The second-order valence-corrected chi connectivity index (χ2v) is 9.47. The van der Waals surface area contributed by atoms with E-state index in [4.69, 9.17) is 0 Å². The molecule has 1 heterocycles. The summed E-state index contributed by atoms with van der Waals surface area (Å²) in [7, 11) is 0. The second kappa shape index (κ2) is 5.31. The molecule has 0 radical (unpaired) electrons. The van der Waals surface area contributed by atoms with Crippen molar-refractivity contribution in [3.05, 3.63) is 48.3 Å². The number of rotatable bonds is 2. The van der Waals surface area contributed by atoms with Crippen LogP contribution in [0.15, 0.2) is 47.7 Å². The minimum absolute atomic E-state index is 0.908. The van der Waals surface area contributed by atoms with Gasteiger partial charge in [0.15, 0.2) is 0 Å². The van der Waals surface area contributed by atoms with Crippen LogP contribution < -0.4 is 0 Å². The zero-order valence-corrected chi connectivity index (χ0v) is 12.7. The van der Waals surface area contributed by atoms with Crippen LogP contribution in [0, 0.1) is 0 Å². The predicted octanol–water partition coefficient (Wildman–Crippen LogP) is 4.18. The molecule has 0 bridgehead atoms. The van der Waals surface area contributed by atoms with Crippen molar-refractivity contribution >= 4 is 25.7 Å². The van der Waals surface area contributed by atoms with Crippen LogP contribution in [0.5, 0.6) is 0 Å². The average molecular weight is 408 g/mol. The van der Waals surface area contributed by atoms with E-state index in [1.54, 1.807) is 0 Å².